The van der Waals surface area contributed by atoms with Crippen LogP contribution < -0.4 is 16.0 Å². The van der Waals surface area contributed by atoms with Gasteiger partial charge in [-0.25, -0.2) is 4.68 Å². The van der Waals surface area contributed by atoms with E-state index in [4.69, 9.17) is 11.6 Å². The van der Waals surface area contributed by atoms with Crippen molar-refractivity contribution in [3.05, 3.63) is 35.1 Å². The van der Waals surface area contributed by atoms with E-state index in [1.54, 1.807) is 25.1 Å². The Morgan fingerprint density at radius 3 is 2.96 bits per heavy atom. The van der Waals surface area contributed by atoms with Crippen molar-refractivity contribution in [2.24, 2.45) is 0 Å². The first-order chi connectivity index (χ1) is 13.0. The van der Waals surface area contributed by atoms with E-state index >= 15 is 0 Å². The fourth-order valence-corrected chi connectivity index (χ4v) is 3.18. The van der Waals surface area contributed by atoms with Gasteiger partial charge in [-0.05, 0) is 60.5 Å². The van der Waals surface area contributed by atoms with Crippen molar-refractivity contribution in [1.82, 2.24) is 36.2 Å². The highest BCUT2D eigenvalue weighted by molar-refractivity contribution is 6.30. The van der Waals surface area contributed by atoms with Crippen LogP contribution in [0.3, 0.4) is 0 Å². The van der Waals surface area contributed by atoms with Crippen LogP contribution in [0.25, 0.3) is 5.69 Å². The molecule has 1 aliphatic heterocycles. The van der Waals surface area contributed by atoms with E-state index < -0.39 is 6.04 Å². The maximum absolute atomic E-state index is 12.4. The largest absolute Gasteiger partial charge is 0.350 e. The first kappa shape index (κ1) is 19.2. The van der Waals surface area contributed by atoms with Crippen molar-refractivity contribution >= 4 is 23.4 Å². The van der Waals surface area contributed by atoms with Crippen molar-refractivity contribution in [3.63, 3.8) is 0 Å². The molecule has 3 rings (SSSR count). The van der Waals surface area contributed by atoms with Crippen molar-refractivity contribution in [3.8, 4) is 5.69 Å². The van der Waals surface area contributed by atoms with Crippen LogP contribution in [0, 0.1) is 0 Å². The van der Waals surface area contributed by atoms with Crippen molar-refractivity contribution in [2.45, 2.75) is 44.8 Å². The molecule has 0 radical (unpaired) electrons. The number of rotatable bonds is 6. The molecular formula is C17H22ClN7O2. The number of halogens is 1. The summed E-state index contributed by atoms with van der Waals surface area (Å²) in [5, 5.41) is 20.4. The van der Waals surface area contributed by atoms with Crippen LogP contribution in [0.15, 0.2) is 24.5 Å². The van der Waals surface area contributed by atoms with Gasteiger partial charge in [0, 0.05) is 11.6 Å². The lowest BCUT2D eigenvalue weighted by Crippen LogP contribution is -2.52. The van der Waals surface area contributed by atoms with Crippen LogP contribution in [0.4, 0.5) is 0 Å². The van der Waals surface area contributed by atoms with Gasteiger partial charge in [0.1, 0.15) is 12.4 Å². The molecule has 10 heteroatoms. The van der Waals surface area contributed by atoms with E-state index in [0.717, 1.165) is 31.4 Å². The van der Waals surface area contributed by atoms with Gasteiger partial charge in [0.05, 0.1) is 11.7 Å². The van der Waals surface area contributed by atoms with E-state index in [2.05, 4.69) is 31.5 Å². The van der Waals surface area contributed by atoms with Gasteiger partial charge in [-0.3, -0.25) is 9.59 Å². The molecule has 2 aromatic rings. The Bertz CT molecular complexity index is 791. The zero-order chi connectivity index (χ0) is 19.2. The number of amides is 2. The highest BCUT2D eigenvalue weighted by atomic mass is 35.5. The van der Waals surface area contributed by atoms with Gasteiger partial charge >= 0.3 is 0 Å². The summed E-state index contributed by atoms with van der Waals surface area (Å²) in [6.45, 7) is 2.72. The molecule has 2 heterocycles. The molecule has 0 spiro atoms. The van der Waals surface area contributed by atoms with Crippen molar-refractivity contribution in [2.75, 3.05) is 6.54 Å². The molecule has 1 aromatic carbocycles. The molecule has 0 aliphatic carbocycles. The monoisotopic (exact) mass is 391 g/mol. The van der Waals surface area contributed by atoms with Crippen molar-refractivity contribution in [1.29, 1.82) is 0 Å². The Kier molecular flexibility index (Phi) is 6.36. The minimum absolute atomic E-state index is 0.144. The third-order valence-electron chi connectivity index (χ3n) is 4.47. The molecule has 1 aromatic heterocycles. The number of benzene rings is 1. The van der Waals surface area contributed by atoms with E-state index in [1.165, 1.54) is 11.0 Å². The number of tetrazole rings is 1. The number of carbonyl (C=O) groups is 2. The Balaban J connectivity index is 1.58. The molecule has 1 fully saturated rings. The van der Waals surface area contributed by atoms with Crippen LogP contribution in [0.2, 0.25) is 5.02 Å². The lowest BCUT2D eigenvalue weighted by molar-refractivity contribution is -0.130. The number of hydrogen-bond donors (Lipinski definition) is 3. The predicted molar refractivity (Wildman–Crippen MR) is 99.3 cm³/mol. The summed E-state index contributed by atoms with van der Waals surface area (Å²) in [5.74, 6) is -0.420. The van der Waals surface area contributed by atoms with Crippen LogP contribution in [0.1, 0.15) is 31.7 Å². The molecule has 0 saturated carbocycles. The highest BCUT2D eigenvalue weighted by Crippen LogP contribution is 2.18. The molecule has 1 saturated heterocycles. The van der Waals surface area contributed by atoms with Gasteiger partial charge in [-0.2, -0.15) is 0 Å². The second-order valence-electron chi connectivity index (χ2n) is 6.48. The summed E-state index contributed by atoms with van der Waals surface area (Å²) < 4.78 is 1.50. The number of aromatic nitrogens is 4. The Morgan fingerprint density at radius 1 is 1.41 bits per heavy atom. The number of carbonyl (C=O) groups excluding carboxylic acids is 2. The molecular weight excluding hydrogens is 370 g/mol. The second kappa shape index (κ2) is 8.92. The predicted octanol–water partition coefficient (Wildman–Crippen LogP) is 0.579. The van der Waals surface area contributed by atoms with E-state index in [1.807, 2.05) is 0 Å². The van der Waals surface area contributed by atoms with Crippen molar-refractivity contribution < 1.29 is 9.59 Å². The average Bonchev–Trinajstić information content (AvgIpc) is 3.21. The third kappa shape index (κ3) is 5.01. The molecule has 1 unspecified atom stereocenters. The molecule has 144 valence electrons. The summed E-state index contributed by atoms with van der Waals surface area (Å²) in [6, 6.07) is 4.38. The summed E-state index contributed by atoms with van der Waals surface area (Å²) in [5.41, 5.74) is 1.48. The van der Waals surface area contributed by atoms with Crippen LogP contribution in [0.5, 0.6) is 0 Å². The maximum Gasteiger partial charge on any atom is 0.242 e. The summed E-state index contributed by atoms with van der Waals surface area (Å²) >= 11 is 6.07. The van der Waals surface area contributed by atoms with Crippen LogP contribution in [-0.4, -0.2) is 50.7 Å². The highest BCUT2D eigenvalue weighted by Gasteiger charge is 2.24. The lowest BCUT2D eigenvalue weighted by atomic mass is 10.0. The topological polar surface area (TPSA) is 114 Å². The van der Waals surface area contributed by atoms with E-state index in [0.29, 0.717) is 10.7 Å². The second-order valence-corrected chi connectivity index (χ2v) is 6.91. The molecule has 9 nitrogen and oxygen atoms in total. The number of piperidine rings is 1. The minimum Gasteiger partial charge on any atom is -0.350 e. The van der Waals surface area contributed by atoms with Gasteiger partial charge in [0.2, 0.25) is 11.8 Å². The van der Waals surface area contributed by atoms with Gasteiger partial charge in [-0.15, -0.1) is 5.10 Å². The molecule has 0 bridgehead atoms. The molecule has 27 heavy (non-hydrogen) atoms. The third-order valence-corrected chi connectivity index (χ3v) is 4.70. The molecule has 2 amide bonds. The first-order valence-corrected chi connectivity index (χ1v) is 9.25. The number of nitrogens with zero attached hydrogens (tertiary/aromatic N) is 4. The summed E-state index contributed by atoms with van der Waals surface area (Å²) in [6.07, 6.45) is 4.34. The van der Waals surface area contributed by atoms with Gasteiger partial charge in [0.25, 0.3) is 0 Å². The first-order valence-electron chi connectivity index (χ1n) is 8.88. The fourth-order valence-electron chi connectivity index (χ4n) is 2.98. The molecule has 2 atom stereocenters. The number of hydrogen-bond acceptors (Lipinski definition) is 6. The van der Waals surface area contributed by atoms with Gasteiger partial charge in [0.15, 0.2) is 0 Å². The van der Waals surface area contributed by atoms with Gasteiger partial charge < -0.3 is 16.0 Å². The van der Waals surface area contributed by atoms with E-state index in [-0.39, 0.29) is 24.4 Å². The van der Waals surface area contributed by atoms with Gasteiger partial charge in [-0.1, -0.05) is 18.0 Å². The van der Waals surface area contributed by atoms with Crippen LogP contribution >= 0.6 is 11.6 Å². The summed E-state index contributed by atoms with van der Waals surface area (Å²) in [7, 11) is 0. The lowest BCUT2D eigenvalue weighted by Gasteiger charge is -2.24. The SMILES string of the molecule is C[C@H](NC(=O)C1CCCCN1)C(=O)NCc1cc(Cl)ccc1-n1cnnn1. The van der Waals surface area contributed by atoms with Crippen LogP contribution in [-0.2, 0) is 16.1 Å². The standard InChI is InChI=1S/C17H22ClN7O2/c1-11(22-17(27)14-4-2-3-7-19-14)16(26)20-9-12-8-13(18)5-6-15(12)25-10-21-23-24-25/h5-6,8,10-11,14,19H,2-4,7,9H2,1H3,(H,20,26)(H,22,27)/t11-,14?/m0/s1. The zero-order valence-electron chi connectivity index (χ0n) is 15.0. The van der Waals surface area contributed by atoms with E-state index in [9.17, 15) is 9.59 Å². The molecule has 1 aliphatic rings. The fraction of sp³-hybridized carbons (Fsp3) is 0.471. The smallest absolute Gasteiger partial charge is 0.242 e. The molecule has 3 N–H and O–H groups in total. The Labute approximate surface area is 161 Å². The quantitative estimate of drug-likeness (QED) is 0.663. The Morgan fingerprint density at radius 2 is 2.26 bits per heavy atom. The number of nitrogens with one attached hydrogen (secondary N) is 3. The minimum atomic E-state index is -0.642. The normalized spacial score (nSPS) is 17.9. The summed E-state index contributed by atoms with van der Waals surface area (Å²) in [4.78, 5) is 24.6. The maximum atomic E-state index is 12.4. The average molecular weight is 392 g/mol. The zero-order valence-corrected chi connectivity index (χ0v) is 15.7. The Hall–Kier alpha value is -2.52.